The van der Waals surface area contributed by atoms with Crippen LogP contribution >= 0.6 is 0 Å². The van der Waals surface area contributed by atoms with E-state index in [9.17, 15) is 0 Å². The monoisotopic (exact) mass is 286 g/mol. The Morgan fingerprint density at radius 1 is 0.952 bits per heavy atom. The summed E-state index contributed by atoms with van der Waals surface area (Å²) in [6, 6.07) is 8.99. The van der Waals surface area contributed by atoms with Gasteiger partial charge in [0.2, 0.25) is 0 Å². The van der Waals surface area contributed by atoms with Crippen LogP contribution in [0.3, 0.4) is 0 Å². The molecule has 0 aromatic heterocycles. The molecule has 3 atom stereocenters. The van der Waals surface area contributed by atoms with E-state index in [2.05, 4.69) is 31.2 Å². The molecule has 0 radical (unpaired) electrons. The van der Waals surface area contributed by atoms with Crippen molar-refractivity contribution in [3.63, 3.8) is 0 Å². The number of hydrogen-bond acceptors (Lipinski definition) is 1. The third-order valence-corrected chi connectivity index (χ3v) is 5.66. The van der Waals surface area contributed by atoms with Gasteiger partial charge in [0.1, 0.15) is 5.75 Å². The Labute approximate surface area is 130 Å². The first-order chi connectivity index (χ1) is 10.4. The zero-order valence-corrected chi connectivity index (χ0v) is 13.5. The molecule has 1 aromatic carbocycles. The van der Waals surface area contributed by atoms with Gasteiger partial charge in [-0.3, -0.25) is 0 Å². The van der Waals surface area contributed by atoms with Crippen molar-refractivity contribution in [3.05, 3.63) is 29.8 Å². The SMILES string of the molecule is CCCCOc1ccc([C@H]2CC[C@H]3CCCC[C@@H]3C2)cc1. The van der Waals surface area contributed by atoms with Gasteiger partial charge in [-0.05, 0) is 61.1 Å². The van der Waals surface area contributed by atoms with Crippen LogP contribution in [0.15, 0.2) is 24.3 Å². The van der Waals surface area contributed by atoms with E-state index in [1.54, 1.807) is 5.56 Å². The molecule has 0 heterocycles. The Kier molecular flexibility index (Phi) is 5.22. The first kappa shape index (κ1) is 14.9. The van der Waals surface area contributed by atoms with Gasteiger partial charge in [0.05, 0.1) is 6.61 Å². The van der Waals surface area contributed by atoms with Crippen molar-refractivity contribution in [1.29, 1.82) is 0 Å². The largest absolute Gasteiger partial charge is 0.494 e. The summed E-state index contributed by atoms with van der Waals surface area (Å²) in [5.41, 5.74) is 1.54. The Hall–Kier alpha value is -0.980. The van der Waals surface area contributed by atoms with E-state index in [1.807, 2.05) is 0 Å². The Morgan fingerprint density at radius 3 is 2.48 bits per heavy atom. The second-order valence-corrected chi connectivity index (χ2v) is 7.09. The van der Waals surface area contributed by atoms with Crippen molar-refractivity contribution < 1.29 is 4.74 Å². The van der Waals surface area contributed by atoms with Gasteiger partial charge < -0.3 is 4.74 Å². The van der Waals surface area contributed by atoms with E-state index in [-0.39, 0.29) is 0 Å². The average molecular weight is 286 g/mol. The Bertz CT molecular complexity index is 422. The molecule has 2 aliphatic carbocycles. The summed E-state index contributed by atoms with van der Waals surface area (Å²) in [6.07, 6.45) is 12.6. The Morgan fingerprint density at radius 2 is 1.71 bits per heavy atom. The summed E-state index contributed by atoms with van der Waals surface area (Å²) >= 11 is 0. The number of benzene rings is 1. The number of hydrogen-bond donors (Lipinski definition) is 0. The zero-order chi connectivity index (χ0) is 14.5. The summed E-state index contributed by atoms with van der Waals surface area (Å²) in [6.45, 7) is 3.05. The molecule has 1 nitrogen and oxygen atoms in total. The molecule has 2 fully saturated rings. The highest BCUT2D eigenvalue weighted by molar-refractivity contribution is 5.29. The van der Waals surface area contributed by atoms with Crippen LogP contribution in [0.25, 0.3) is 0 Å². The van der Waals surface area contributed by atoms with Gasteiger partial charge in [0.25, 0.3) is 0 Å². The quantitative estimate of drug-likeness (QED) is 0.609. The van der Waals surface area contributed by atoms with Crippen LogP contribution in [0.4, 0.5) is 0 Å². The maximum atomic E-state index is 5.77. The highest BCUT2D eigenvalue weighted by Crippen LogP contribution is 2.46. The number of unbranched alkanes of at least 4 members (excludes halogenated alkanes) is 1. The summed E-state index contributed by atoms with van der Waals surface area (Å²) in [5, 5.41) is 0. The van der Waals surface area contributed by atoms with Gasteiger partial charge in [0, 0.05) is 0 Å². The smallest absolute Gasteiger partial charge is 0.119 e. The van der Waals surface area contributed by atoms with Crippen molar-refractivity contribution in [2.24, 2.45) is 11.8 Å². The lowest BCUT2D eigenvalue weighted by Crippen LogP contribution is -2.26. The molecule has 0 spiro atoms. The van der Waals surface area contributed by atoms with Crippen molar-refractivity contribution in [2.45, 2.75) is 70.6 Å². The maximum absolute atomic E-state index is 5.77. The average Bonchev–Trinajstić information content (AvgIpc) is 2.55. The number of fused-ring (bicyclic) bond motifs is 1. The highest BCUT2D eigenvalue weighted by Gasteiger charge is 2.32. The van der Waals surface area contributed by atoms with Gasteiger partial charge in [-0.15, -0.1) is 0 Å². The molecule has 0 saturated heterocycles. The van der Waals surface area contributed by atoms with E-state index in [0.717, 1.165) is 36.5 Å². The van der Waals surface area contributed by atoms with Crippen LogP contribution in [0.1, 0.15) is 76.2 Å². The van der Waals surface area contributed by atoms with Gasteiger partial charge in [-0.1, -0.05) is 51.2 Å². The minimum absolute atomic E-state index is 0.800. The zero-order valence-electron chi connectivity index (χ0n) is 13.5. The lowest BCUT2D eigenvalue weighted by molar-refractivity contribution is 0.155. The summed E-state index contributed by atoms with van der Waals surface area (Å²) in [5.74, 6) is 3.90. The van der Waals surface area contributed by atoms with Crippen molar-refractivity contribution in [3.8, 4) is 5.75 Å². The van der Waals surface area contributed by atoms with Crippen LogP contribution in [0.5, 0.6) is 5.75 Å². The van der Waals surface area contributed by atoms with E-state index < -0.39 is 0 Å². The minimum Gasteiger partial charge on any atom is -0.494 e. The molecular weight excluding hydrogens is 256 g/mol. The van der Waals surface area contributed by atoms with Crippen molar-refractivity contribution in [2.75, 3.05) is 6.61 Å². The third-order valence-electron chi connectivity index (χ3n) is 5.66. The lowest BCUT2D eigenvalue weighted by atomic mass is 9.66. The van der Waals surface area contributed by atoms with Gasteiger partial charge in [-0.2, -0.15) is 0 Å². The second kappa shape index (κ2) is 7.33. The number of rotatable bonds is 5. The topological polar surface area (TPSA) is 9.23 Å². The van der Waals surface area contributed by atoms with Crippen LogP contribution < -0.4 is 4.74 Å². The molecule has 0 unspecified atom stereocenters. The third kappa shape index (κ3) is 3.81. The van der Waals surface area contributed by atoms with Gasteiger partial charge in [0.15, 0.2) is 0 Å². The molecule has 0 amide bonds. The fraction of sp³-hybridized carbons (Fsp3) is 0.700. The molecule has 1 aromatic rings. The van der Waals surface area contributed by atoms with Gasteiger partial charge in [-0.25, -0.2) is 0 Å². The van der Waals surface area contributed by atoms with Gasteiger partial charge >= 0.3 is 0 Å². The van der Waals surface area contributed by atoms with E-state index in [1.165, 1.54) is 51.4 Å². The lowest BCUT2D eigenvalue weighted by Gasteiger charge is -2.39. The molecule has 21 heavy (non-hydrogen) atoms. The van der Waals surface area contributed by atoms with Crippen LogP contribution in [-0.2, 0) is 0 Å². The minimum atomic E-state index is 0.800. The first-order valence-corrected chi connectivity index (χ1v) is 9.09. The van der Waals surface area contributed by atoms with E-state index in [4.69, 9.17) is 4.74 Å². The maximum Gasteiger partial charge on any atom is 0.119 e. The van der Waals surface area contributed by atoms with Crippen molar-refractivity contribution in [1.82, 2.24) is 0 Å². The predicted octanol–water partition coefficient (Wildman–Crippen LogP) is 5.94. The van der Waals surface area contributed by atoms with Crippen LogP contribution in [0.2, 0.25) is 0 Å². The molecule has 2 saturated carbocycles. The standard InChI is InChI=1S/C20H30O/c1-2-3-14-21-20-12-10-17(11-13-20)19-9-8-16-6-4-5-7-18(16)15-19/h10-13,16,18-19H,2-9,14-15H2,1H3/t16-,18-,19+/m1/s1. The van der Waals surface area contributed by atoms with Crippen LogP contribution in [0, 0.1) is 11.8 Å². The summed E-state index contributed by atoms with van der Waals surface area (Å²) in [4.78, 5) is 0. The normalized spacial score (nSPS) is 28.9. The molecule has 2 aliphatic rings. The molecule has 3 rings (SSSR count). The van der Waals surface area contributed by atoms with E-state index >= 15 is 0 Å². The fourth-order valence-corrected chi connectivity index (χ4v) is 4.35. The number of ether oxygens (including phenoxy) is 1. The fourth-order valence-electron chi connectivity index (χ4n) is 4.35. The molecule has 116 valence electrons. The molecule has 0 bridgehead atoms. The summed E-state index contributed by atoms with van der Waals surface area (Å²) < 4.78 is 5.77. The predicted molar refractivity (Wildman–Crippen MR) is 88.9 cm³/mol. The first-order valence-electron chi connectivity index (χ1n) is 9.09. The van der Waals surface area contributed by atoms with E-state index in [0.29, 0.717) is 0 Å². The molecule has 0 N–H and O–H groups in total. The van der Waals surface area contributed by atoms with Crippen molar-refractivity contribution >= 4 is 0 Å². The highest BCUT2D eigenvalue weighted by atomic mass is 16.5. The summed E-state index contributed by atoms with van der Waals surface area (Å²) in [7, 11) is 0. The van der Waals surface area contributed by atoms with Crippen LogP contribution in [-0.4, -0.2) is 6.61 Å². The molecule has 1 heteroatoms. The second-order valence-electron chi connectivity index (χ2n) is 7.09. The molecular formula is C20H30O. The molecule has 0 aliphatic heterocycles. The Balaban J connectivity index is 1.56.